The van der Waals surface area contributed by atoms with Gasteiger partial charge < -0.3 is 14.7 Å². The summed E-state index contributed by atoms with van der Waals surface area (Å²) in [6.07, 6.45) is 1.66. The van der Waals surface area contributed by atoms with E-state index in [1.165, 1.54) is 4.90 Å². The van der Waals surface area contributed by atoms with E-state index in [1.807, 2.05) is 74.5 Å². The van der Waals surface area contributed by atoms with Gasteiger partial charge in [0, 0.05) is 12.1 Å². The van der Waals surface area contributed by atoms with Crippen LogP contribution in [0, 0.1) is 13.8 Å². The van der Waals surface area contributed by atoms with Gasteiger partial charge in [0.2, 0.25) is 0 Å². The topological polar surface area (TPSA) is 66.8 Å². The van der Waals surface area contributed by atoms with Gasteiger partial charge in [0.25, 0.3) is 11.7 Å². The third kappa shape index (κ3) is 4.50. The largest absolute Gasteiger partial charge is 0.507 e. The molecule has 1 aliphatic heterocycles. The average molecular weight is 454 g/mol. The molecule has 34 heavy (non-hydrogen) atoms. The second kappa shape index (κ2) is 9.79. The van der Waals surface area contributed by atoms with Gasteiger partial charge in [-0.3, -0.25) is 9.59 Å². The highest BCUT2D eigenvalue weighted by molar-refractivity contribution is 6.46. The smallest absolute Gasteiger partial charge is 0.295 e. The average Bonchev–Trinajstić information content (AvgIpc) is 3.09. The fraction of sp³-hybridized carbons (Fsp3) is 0.172. The van der Waals surface area contributed by atoms with Crippen molar-refractivity contribution in [2.45, 2.75) is 26.4 Å². The molecule has 1 fully saturated rings. The zero-order chi connectivity index (χ0) is 24.2. The monoisotopic (exact) mass is 453 g/mol. The van der Waals surface area contributed by atoms with Crippen LogP contribution in [-0.4, -0.2) is 28.3 Å². The van der Waals surface area contributed by atoms with Crippen molar-refractivity contribution in [2.75, 3.05) is 6.61 Å². The first-order chi connectivity index (χ1) is 16.4. The number of aryl methyl sites for hydroxylation is 2. The Labute approximate surface area is 199 Å². The van der Waals surface area contributed by atoms with Crippen LogP contribution in [0.3, 0.4) is 0 Å². The van der Waals surface area contributed by atoms with Gasteiger partial charge in [-0.2, -0.15) is 0 Å². The molecule has 1 unspecified atom stereocenters. The zero-order valence-electron chi connectivity index (χ0n) is 19.3. The molecule has 0 aliphatic carbocycles. The highest BCUT2D eigenvalue weighted by Gasteiger charge is 2.46. The van der Waals surface area contributed by atoms with Gasteiger partial charge in [0.05, 0.1) is 11.6 Å². The van der Waals surface area contributed by atoms with E-state index >= 15 is 0 Å². The van der Waals surface area contributed by atoms with E-state index in [1.54, 1.807) is 18.2 Å². The van der Waals surface area contributed by atoms with Crippen LogP contribution in [-0.2, 0) is 16.1 Å². The lowest BCUT2D eigenvalue weighted by molar-refractivity contribution is -0.140. The molecule has 4 rings (SSSR count). The minimum absolute atomic E-state index is 0.0920. The van der Waals surface area contributed by atoms with Gasteiger partial charge in [-0.25, -0.2) is 0 Å². The Bertz CT molecular complexity index is 1260. The van der Waals surface area contributed by atoms with Crippen molar-refractivity contribution in [3.63, 3.8) is 0 Å². The molecular weight excluding hydrogens is 426 g/mol. The Morgan fingerprint density at radius 2 is 1.74 bits per heavy atom. The molecule has 5 nitrogen and oxygen atoms in total. The number of aliphatic hydroxyl groups is 1. The fourth-order valence-electron chi connectivity index (χ4n) is 4.21. The van der Waals surface area contributed by atoms with Crippen molar-refractivity contribution in [3.8, 4) is 5.75 Å². The molecule has 3 aromatic carbocycles. The number of rotatable bonds is 7. The van der Waals surface area contributed by atoms with Gasteiger partial charge in [-0.05, 0) is 48.7 Å². The second-order valence-electron chi connectivity index (χ2n) is 8.40. The molecule has 172 valence electrons. The van der Waals surface area contributed by atoms with Crippen LogP contribution in [0.1, 0.15) is 33.9 Å². The van der Waals surface area contributed by atoms with Crippen LogP contribution in [0.25, 0.3) is 5.76 Å². The molecule has 1 N–H and O–H groups in total. The molecule has 1 atom stereocenters. The Morgan fingerprint density at radius 1 is 1.03 bits per heavy atom. The van der Waals surface area contributed by atoms with Crippen LogP contribution >= 0.6 is 0 Å². The molecule has 0 bridgehead atoms. The number of hydrogen-bond donors (Lipinski definition) is 1. The Hall–Kier alpha value is -4.12. The number of Topliss-reactive ketones (excluding diaryl/α,β-unsaturated/α-hetero) is 1. The lowest BCUT2D eigenvalue weighted by Gasteiger charge is -2.26. The molecule has 0 radical (unpaired) electrons. The molecule has 0 saturated carbocycles. The summed E-state index contributed by atoms with van der Waals surface area (Å²) in [6, 6.07) is 21.7. The highest BCUT2D eigenvalue weighted by Crippen LogP contribution is 2.41. The Morgan fingerprint density at radius 3 is 2.41 bits per heavy atom. The molecule has 0 aromatic heterocycles. The molecule has 5 heteroatoms. The number of carbonyl (C=O) groups excluding carboxylic acids is 2. The highest BCUT2D eigenvalue weighted by atomic mass is 16.5. The predicted octanol–water partition coefficient (Wildman–Crippen LogP) is 5.49. The molecule has 1 saturated heterocycles. The SMILES string of the molecule is C=CCOc1ccc(C2/C(=C(\O)c3cc(C)ccc3C)C(=O)C(=O)N2Cc2ccccc2)cc1. The molecule has 1 heterocycles. The van der Waals surface area contributed by atoms with Crippen molar-refractivity contribution < 1.29 is 19.4 Å². The summed E-state index contributed by atoms with van der Waals surface area (Å²) in [5.74, 6) is -0.829. The summed E-state index contributed by atoms with van der Waals surface area (Å²) < 4.78 is 5.58. The van der Waals surface area contributed by atoms with E-state index in [2.05, 4.69) is 6.58 Å². The van der Waals surface area contributed by atoms with Crippen LogP contribution in [0.4, 0.5) is 0 Å². The molecule has 0 spiro atoms. The van der Waals surface area contributed by atoms with Gasteiger partial charge in [-0.15, -0.1) is 0 Å². The van der Waals surface area contributed by atoms with E-state index in [-0.39, 0.29) is 17.9 Å². The number of ketones is 1. The molecule has 3 aromatic rings. The summed E-state index contributed by atoms with van der Waals surface area (Å²) in [4.78, 5) is 28.0. The van der Waals surface area contributed by atoms with Gasteiger partial charge in [0.15, 0.2) is 0 Å². The summed E-state index contributed by atoms with van der Waals surface area (Å²) in [7, 11) is 0. The lowest BCUT2D eigenvalue weighted by Crippen LogP contribution is -2.29. The lowest BCUT2D eigenvalue weighted by atomic mass is 9.93. The van der Waals surface area contributed by atoms with Crippen LogP contribution < -0.4 is 4.74 Å². The van der Waals surface area contributed by atoms with Crippen molar-refractivity contribution in [3.05, 3.63) is 119 Å². The van der Waals surface area contributed by atoms with E-state index in [4.69, 9.17) is 4.74 Å². The van der Waals surface area contributed by atoms with Crippen molar-refractivity contribution >= 4 is 17.4 Å². The maximum Gasteiger partial charge on any atom is 0.295 e. The number of carbonyl (C=O) groups is 2. The third-order valence-corrected chi connectivity index (χ3v) is 5.95. The number of ether oxygens (including phenoxy) is 1. The van der Waals surface area contributed by atoms with E-state index < -0.39 is 17.7 Å². The first-order valence-electron chi connectivity index (χ1n) is 11.1. The van der Waals surface area contributed by atoms with Crippen molar-refractivity contribution in [2.24, 2.45) is 0 Å². The second-order valence-corrected chi connectivity index (χ2v) is 8.40. The molecule has 1 amide bonds. The number of nitrogens with zero attached hydrogens (tertiary/aromatic N) is 1. The zero-order valence-corrected chi connectivity index (χ0v) is 19.3. The fourth-order valence-corrected chi connectivity index (χ4v) is 4.21. The number of amides is 1. The molecule has 1 aliphatic rings. The molecular formula is C29H27NO4. The first kappa shape index (κ1) is 23.1. The van der Waals surface area contributed by atoms with E-state index in [0.717, 1.165) is 16.7 Å². The quantitative estimate of drug-likeness (QED) is 0.222. The van der Waals surface area contributed by atoms with E-state index in [9.17, 15) is 14.7 Å². The number of likely N-dealkylation sites (tertiary alicyclic amines) is 1. The Kier molecular flexibility index (Phi) is 6.64. The number of hydrogen-bond acceptors (Lipinski definition) is 4. The Balaban J connectivity index is 1.84. The maximum absolute atomic E-state index is 13.3. The summed E-state index contributed by atoms with van der Waals surface area (Å²) >= 11 is 0. The van der Waals surface area contributed by atoms with Gasteiger partial charge in [0.1, 0.15) is 18.1 Å². The van der Waals surface area contributed by atoms with E-state index in [0.29, 0.717) is 23.5 Å². The van der Waals surface area contributed by atoms with Crippen molar-refractivity contribution in [1.29, 1.82) is 0 Å². The predicted molar refractivity (Wildman–Crippen MR) is 132 cm³/mol. The minimum atomic E-state index is -0.728. The van der Waals surface area contributed by atoms with Crippen LogP contribution in [0.5, 0.6) is 5.75 Å². The normalized spacial score (nSPS) is 17.1. The maximum atomic E-state index is 13.3. The van der Waals surface area contributed by atoms with Gasteiger partial charge in [-0.1, -0.05) is 72.8 Å². The van der Waals surface area contributed by atoms with Gasteiger partial charge >= 0.3 is 0 Å². The summed E-state index contributed by atoms with van der Waals surface area (Å²) in [5, 5.41) is 11.3. The first-order valence-corrected chi connectivity index (χ1v) is 11.1. The minimum Gasteiger partial charge on any atom is -0.507 e. The van der Waals surface area contributed by atoms with Crippen molar-refractivity contribution in [1.82, 2.24) is 4.90 Å². The standard InChI is InChI=1S/C29H27NO4/c1-4-16-34-23-14-12-22(13-15-23)26-25(27(31)24-17-19(2)10-11-20(24)3)28(32)29(33)30(26)18-21-8-6-5-7-9-21/h4-15,17,26,31H,1,16,18H2,2-3H3/b27-25+. The summed E-state index contributed by atoms with van der Waals surface area (Å²) in [5.41, 5.74) is 4.03. The number of benzene rings is 3. The summed E-state index contributed by atoms with van der Waals surface area (Å²) in [6.45, 7) is 8.06. The van der Waals surface area contributed by atoms with Crippen LogP contribution in [0.2, 0.25) is 0 Å². The van der Waals surface area contributed by atoms with Crippen LogP contribution in [0.15, 0.2) is 91.0 Å². The third-order valence-electron chi connectivity index (χ3n) is 5.95. The number of aliphatic hydroxyl groups excluding tert-OH is 1.